The second-order valence-electron chi connectivity index (χ2n) is 11.0. The molecule has 1 aromatic rings. The van der Waals surface area contributed by atoms with E-state index in [1.165, 1.54) is 12.1 Å². The molecule has 1 unspecified atom stereocenters. The monoisotopic (exact) mass is 454 g/mol. The summed E-state index contributed by atoms with van der Waals surface area (Å²) in [5.74, 6) is -1.40. The summed E-state index contributed by atoms with van der Waals surface area (Å²) in [6.07, 6.45) is 0. The van der Waals surface area contributed by atoms with E-state index in [4.69, 9.17) is 13.7 Å². The minimum absolute atomic E-state index is 0.125. The number of rotatable bonds is 8. The summed E-state index contributed by atoms with van der Waals surface area (Å²) in [6, 6.07) is 2.81. The molecule has 1 aliphatic heterocycles. The average Bonchev–Trinajstić information content (AvgIpc) is 2.80. The lowest BCUT2D eigenvalue weighted by Gasteiger charge is -2.42. The summed E-state index contributed by atoms with van der Waals surface area (Å²) in [6.45, 7) is 23.3. The Kier molecular flexibility index (Phi) is 7.90. The van der Waals surface area contributed by atoms with Gasteiger partial charge in [-0.2, -0.15) is 0 Å². The van der Waals surface area contributed by atoms with E-state index in [9.17, 15) is 0 Å². The summed E-state index contributed by atoms with van der Waals surface area (Å²) in [5.41, 5.74) is 0.487. The van der Waals surface area contributed by atoms with Crippen molar-refractivity contribution in [1.29, 1.82) is 0 Å². The van der Waals surface area contributed by atoms with Crippen LogP contribution in [0.5, 0.6) is 0 Å². The summed E-state index contributed by atoms with van der Waals surface area (Å²) < 4.78 is 48.5. The highest BCUT2D eigenvalue weighted by atomic mass is 28.4. The van der Waals surface area contributed by atoms with E-state index in [0.29, 0.717) is 28.8 Å². The molecule has 1 heterocycles. The van der Waals surface area contributed by atoms with Crippen LogP contribution in [0.2, 0.25) is 16.6 Å². The van der Waals surface area contributed by atoms with Crippen LogP contribution in [0.4, 0.5) is 8.78 Å². The first-order valence-corrected chi connectivity index (χ1v) is 13.7. The molecule has 3 nitrogen and oxygen atoms in total. The van der Waals surface area contributed by atoms with Gasteiger partial charge in [0.15, 0.2) is 8.32 Å². The highest BCUT2D eigenvalue weighted by molar-refractivity contribution is 6.77. The second-order valence-corrected chi connectivity index (χ2v) is 16.5. The highest BCUT2D eigenvalue weighted by Gasteiger charge is 2.53. The second kappa shape index (κ2) is 9.24. The van der Waals surface area contributed by atoms with Gasteiger partial charge in [-0.05, 0) is 62.0 Å². The Morgan fingerprint density at radius 3 is 1.58 bits per heavy atom. The maximum Gasteiger partial charge on any atom is 0.500 e. The van der Waals surface area contributed by atoms with Gasteiger partial charge in [-0.1, -0.05) is 48.5 Å². The van der Waals surface area contributed by atoms with Crippen molar-refractivity contribution < 1.29 is 22.5 Å². The van der Waals surface area contributed by atoms with Crippen molar-refractivity contribution in [3.05, 3.63) is 29.3 Å². The Labute approximate surface area is 189 Å². The number of halogens is 2. The maximum absolute atomic E-state index is 15.1. The van der Waals surface area contributed by atoms with Crippen LogP contribution in [0.1, 0.15) is 87.6 Å². The molecule has 1 atom stereocenters. The molecule has 0 bridgehead atoms. The lowest BCUT2D eigenvalue weighted by atomic mass is 9.77. The first kappa shape index (κ1) is 26.5. The molecule has 1 aliphatic rings. The standard InChI is InChI=1S/C24H41BF2O3Si/c1-15(2)31(16(3)4,17(5)6)28-14-18(7)19-12-20(26)22(21(27)13-19)25-29-23(8,9)24(10,11)30-25/h12-13,15-18H,14H2,1-11H3. The van der Waals surface area contributed by atoms with E-state index >= 15 is 8.78 Å². The van der Waals surface area contributed by atoms with Gasteiger partial charge in [-0.25, -0.2) is 8.78 Å². The third-order valence-corrected chi connectivity index (χ3v) is 13.5. The van der Waals surface area contributed by atoms with Gasteiger partial charge < -0.3 is 13.7 Å². The minimum atomic E-state index is -2.04. The fourth-order valence-electron chi connectivity index (χ4n) is 4.94. The van der Waals surface area contributed by atoms with Crippen LogP contribution in [0, 0.1) is 11.6 Å². The van der Waals surface area contributed by atoms with Gasteiger partial charge in [0.25, 0.3) is 0 Å². The zero-order valence-corrected chi connectivity index (χ0v) is 22.2. The van der Waals surface area contributed by atoms with Crippen LogP contribution in [-0.2, 0) is 13.7 Å². The number of hydrogen-bond acceptors (Lipinski definition) is 3. The summed E-state index contributed by atoms with van der Waals surface area (Å²) in [5, 5.41) is 0. The molecule has 1 fully saturated rings. The fourth-order valence-corrected chi connectivity index (χ4v) is 10.5. The van der Waals surface area contributed by atoms with Crippen molar-refractivity contribution in [3.63, 3.8) is 0 Å². The topological polar surface area (TPSA) is 27.7 Å². The summed E-state index contributed by atoms with van der Waals surface area (Å²) in [7, 11) is -3.10. The predicted octanol–water partition coefficient (Wildman–Crippen LogP) is 6.56. The molecule has 31 heavy (non-hydrogen) atoms. The molecule has 0 aromatic heterocycles. The SMILES string of the molecule is CC(CO[Si](C(C)C)(C(C)C)C(C)C)c1cc(F)c(B2OC(C)(C)C(C)(C)O2)c(F)c1. The Balaban J connectivity index is 2.25. The van der Waals surface area contributed by atoms with Gasteiger partial charge in [-0.3, -0.25) is 0 Å². The van der Waals surface area contributed by atoms with Gasteiger partial charge in [0.05, 0.1) is 16.7 Å². The van der Waals surface area contributed by atoms with E-state index in [1.807, 2.05) is 34.6 Å². The smallest absolute Gasteiger partial charge is 0.415 e. The van der Waals surface area contributed by atoms with E-state index < -0.39 is 38.3 Å². The van der Waals surface area contributed by atoms with E-state index in [1.54, 1.807) is 0 Å². The first-order valence-electron chi connectivity index (χ1n) is 11.5. The summed E-state index contributed by atoms with van der Waals surface area (Å²) in [4.78, 5) is 0. The number of hydrogen-bond donors (Lipinski definition) is 0. The van der Waals surface area contributed by atoms with Crippen LogP contribution < -0.4 is 5.46 Å². The first-order chi connectivity index (χ1) is 14.1. The zero-order chi connectivity index (χ0) is 23.9. The van der Waals surface area contributed by atoms with Crippen LogP contribution in [0.25, 0.3) is 0 Å². The largest absolute Gasteiger partial charge is 0.500 e. The molecule has 0 spiro atoms. The molecule has 1 saturated heterocycles. The molecular weight excluding hydrogens is 413 g/mol. The predicted molar refractivity (Wildman–Crippen MR) is 127 cm³/mol. The normalized spacial score (nSPS) is 19.7. The minimum Gasteiger partial charge on any atom is -0.415 e. The Hall–Kier alpha value is -0.758. The van der Waals surface area contributed by atoms with Crippen LogP contribution in [0.15, 0.2) is 12.1 Å². The lowest BCUT2D eigenvalue weighted by molar-refractivity contribution is 0.00578. The van der Waals surface area contributed by atoms with Crippen molar-refractivity contribution in [3.8, 4) is 0 Å². The van der Waals surface area contributed by atoms with Gasteiger partial charge in [0.1, 0.15) is 11.6 Å². The molecule has 0 aliphatic carbocycles. The van der Waals surface area contributed by atoms with Gasteiger partial charge >= 0.3 is 7.12 Å². The lowest BCUT2D eigenvalue weighted by Crippen LogP contribution is -2.48. The van der Waals surface area contributed by atoms with Crippen LogP contribution >= 0.6 is 0 Å². The molecule has 0 radical (unpaired) electrons. The van der Waals surface area contributed by atoms with E-state index in [0.717, 1.165) is 0 Å². The number of benzene rings is 1. The molecule has 7 heteroatoms. The van der Waals surface area contributed by atoms with Gasteiger partial charge in [0.2, 0.25) is 0 Å². The molecule has 176 valence electrons. The van der Waals surface area contributed by atoms with Crippen molar-refractivity contribution in [2.24, 2.45) is 0 Å². The Bertz CT molecular complexity index is 719. The zero-order valence-electron chi connectivity index (χ0n) is 21.2. The van der Waals surface area contributed by atoms with Crippen molar-refractivity contribution in [2.45, 2.75) is 110 Å². The molecule has 2 rings (SSSR count). The molecule has 1 aromatic carbocycles. The van der Waals surface area contributed by atoms with Crippen molar-refractivity contribution >= 4 is 20.9 Å². The van der Waals surface area contributed by atoms with E-state index in [-0.39, 0.29) is 11.4 Å². The third-order valence-electron chi connectivity index (χ3n) is 7.45. The molecule has 0 N–H and O–H groups in total. The third kappa shape index (κ3) is 4.95. The highest BCUT2D eigenvalue weighted by Crippen LogP contribution is 2.43. The average molecular weight is 454 g/mol. The van der Waals surface area contributed by atoms with E-state index in [2.05, 4.69) is 41.5 Å². The van der Waals surface area contributed by atoms with Crippen molar-refractivity contribution in [1.82, 2.24) is 0 Å². The Morgan fingerprint density at radius 1 is 0.839 bits per heavy atom. The van der Waals surface area contributed by atoms with Gasteiger partial charge in [-0.15, -0.1) is 0 Å². The quantitative estimate of drug-likeness (QED) is 0.417. The van der Waals surface area contributed by atoms with Crippen LogP contribution in [0.3, 0.4) is 0 Å². The Morgan fingerprint density at radius 2 is 1.23 bits per heavy atom. The molecular formula is C24H41BF2O3Si. The summed E-state index contributed by atoms with van der Waals surface area (Å²) >= 11 is 0. The molecule has 0 amide bonds. The molecule has 0 saturated carbocycles. The van der Waals surface area contributed by atoms with Gasteiger partial charge in [0, 0.05) is 12.5 Å². The van der Waals surface area contributed by atoms with Crippen LogP contribution in [-0.4, -0.2) is 33.2 Å². The maximum atomic E-state index is 15.1. The van der Waals surface area contributed by atoms with Crippen molar-refractivity contribution in [2.75, 3.05) is 6.61 Å². The fraction of sp³-hybridized carbons (Fsp3) is 0.750.